The third kappa shape index (κ3) is 3.53. The van der Waals surface area contributed by atoms with E-state index in [0.717, 1.165) is 6.54 Å². The molecule has 0 aromatic carbocycles. The molecule has 2 aliphatic rings. The minimum absolute atomic E-state index is 0.00650. The molecule has 1 saturated carbocycles. The summed E-state index contributed by atoms with van der Waals surface area (Å²) in [4.78, 5) is 25.0. The molecule has 2 fully saturated rings. The summed E-state index contributed by atoms with van der Waals surface area (Å²) in [7, 11) is 0. The number of imide groups is 1. The van der Waals surface area contributed by atoms with Gasteiger partial charge in [0, 0.05) is 25.4 Å². The Kier molecular flexibility index (Phi) is 3.82. The molecule has 0 spiro atoms. The van der Waals surface area contributed by atoms with Crippen molar-refractivity contribution in [3.8, 4) is 0 Å². The maximum Gasteiger partial charge on any atom is 0.229 e. The normalized spacial score (nSPS) is 24.2. The summed E-state index contributed by atoms with van der Waals surface area (Å²) < 4.78 is 0. The number of piperidine rings is 1. The number of likely N-dealkylation sites (tertiary alicyclic amines) is 1. The molecule has 1 aliphatic heterocycles. The number of hydrogen-bond donors (Lipinski definition) is 1. The van der Waals surface area contributed by atoms with Gasteiger partial charge in [-0.25, -0.2) is 0 Å². The smallest absolute Gasteiger partial charge is 0.229 e. The molecule has 1 aliphatic carbocycles. The van der Waals surface area contributed by atoms with E-state index in [4.69, 9.17) is 0 Å². The third-order valence-electron chi connectivity index (χ3n) is 3.47. The third-order valence-corrected chi connectivity index (χ3v) is 3.47. The number of nitrogens with one attached hydrogen (secondary N) is 1. The molecule has 4 heteroatoms. The molecule has 0 bridgehead atoms. The van der Waals surface area contributed by atoms with Gasteiger partial charge < -0.3 is 5.32 Å². The Balaban J connectivity index is 1.79. The van der Waals surface area contributed by atoms with Gasteiger partial charge >= 0.3 is 0 Å². The Morgan fingerprint density at radius 2 is 1.88 bits per heavy atom. The Morgan fingerprint density at radius 1 is 1.29 bits per heavy atom. The topological polar surface area (TPSA) is 49.4 Å². The van der Waals surface area contributed by atoms with Crippen LogP contribution in [0.4, 0.5) is 0 Å². The standard InChI is InChI=1S/C13H22N2O2/c1-9-5-12(16)15(13(17)6-9)8-10(2)7-14-11-3-4-11/h9-11,14H,3-8H2,1-2H3. The predicted octanol–water partition coefficient (Wildman–Crippen LogP) is 1.16. The SMILES string of the molecule is CC1CC(=O)N(CC(C)CNC2CC2)C(=O)C1. The summed E-state index contributed by atoms with van der Waals surface area (Å²) in [5, 5.41) is 3.44. The Morgan fingerprint density at radius 3 is 2.41 bits per heavy atom. The van der Waals surface area contributed by atoms with Gasteiger partial charge in [0.25, 0.3) is 0 Å². The lowest BCUT2D eigenvalue weighted by Gasteiger charge is -2.30. The fraction of sp³-hybridized carbons (Fsp3) is 0.846. The second kappa shape index (κ2) is 5.17. The van der Waals surface area contributed by atoms with Gasteiger partial charge in [0.05, 0.1) is 0 Å². The van der Waals surface area contributed by atoms with Gasteiger partial charge in [-0.05, 0) is 31.2 Å². The van der Waals surface area contributed by atoms with Crippen molar-refractivity contribution in [1.29, 1.82) is 0 Å². The first-order valence-electron chi connectivity index (χ1n) is 6.63. The van der Waals surface area contributed by atoms with Crippen molar-refractivity contribution in [3.05, 3.63) is 0 Å². The fourth-order valence-electron chi connectivity index (χ4n) is 2.26. The van der Waals surface area contributed by atoms with E-state index >= 15 is 0 Å². The van der Waals surface area contributed by atoms with E-state index in [-0.39, 0.29) is 17.7 Å². The van der Waals surface area contributed by atoms with Gasteiger partial charge in [0.2, 0.25) is 11.8 Å². The highest BCUT2D eigenvalue weighted by Gasteiger charge is 2.31. The Bertz CT molecular complexity index is 295. The largest absolute Gasteiger partial charge is 0.314 e. The summed E-state index contributed by atoms with van der Waals surface area (Å²) in [6.07, 6.45) is 3.58. The lowest BCUT2D eigenvalue weighted by atomic mass is 9.97. The number of carbonyl (C=O) groups excluding carboxylic acids is 2. The van der Waals surface area contributed by atoms with Crippen LogP contribution in [0.3, 0.4) is 0 Å². The number of carbonyl (C=O) groups is 2. The van der Waals surface area contributed by atoms with Crippen molar-refractivity contribution in [2.75, 3.05) is 13.1 Å². The van der Waals surface area contributed by atoms with Crippen LogP contribution >= 0.6 is 0 Å². The molecule has 2 rings (SSSR count). The van der Waals surface area contributed by atoms with Crippen molar-refractivity contribution >= 4 is 11.8 Å². The van der Waals surface area contributed by atoms with E-state index in [0.29, 0.717) is 31.3 Å². The van der Waals surface area contributed by atoms with E-state index < -0.39 is 0 Å². The maximum absolute atomic E-state index is 11.8. The van der Waals surface area contributed by atoms with E-state index in [2.05, 4.69) is 12.2 Å². The highest BCUT2D eigenvalue weighted by Crippen LogP contribution is 2.21. The minimum atomic E-state index is 0.00650. The Labute approximate surface area is 103 Å². The lowest BCUT2D eigenvalue weighted by Crippen LogP contribution is -2.46. The molecule has 96 valence electrons. The number of hydrogen-bond acceptors (Lipinski definition) is 3. The van der Waals surface area contributed by atoms with Crippen LogP contribution in [0, 0.1) is 11.8 Å². The minimum Gasteiger partial charge on any atom is -0.314 e. The van der Waals surface area contributed by atoms with Gasteiger partial charge in [0.15, 0.2) is 0 Å². The van der Waals surface area contributed by atoms with Crippen LogP contribution in [0.5, 0.6) is 0 Å². The molecule has 0 radical (unpaired) electrons. The predicted molar refractivity (Wildman–Crippen MR) is 65.3 cm³/mol. The summed E-state index contributed by atoms with van der Waals surface area (Å²) in [6, 6.07) is 0.685. The van der Waals surface area contributed by atoms with Crippen LogP contribution in [0.25, 0.3) is 0 Å². The maximum atomic E-state index is 11.8. The molecule has 1 heterocycles. The summed E-state index contributed by atoms with van der Waals surface area (Å²) >= 11 is 0. The van der Waals surface area contributed by atoms with Crippen LogP contribution in [-0.2, 0) is 9.59 Å². The zero-order valence-corrected chi connectivity index (χ0v) is 10.7. The van der Waals surface area contributed by atoms with Gasteiger partial charge in [-0.2, -0.15) is 0 Å². The van der Waals surface area contributed by atoms with Crippen LogP contribution in [0.15, 0.2) is 0 Å². The van der Waals surface area contributed by atoms with E-state index in [1.807, 2.05) is 6.92 Å². The molecule has 1 saturated heterocycles. The van der Waals surface area contributed by atoms with Crippen molar-refractivity contribution in [3.63, 3.8) is 0 Å². The Hall–Kier alpha value is -0.900. The molecule has 1 atom stereocenters. The van der Waals surface area contributed by atoms with Crippen LogP contribution in [0.2, 0.25) is 0 Å². The average molecular weight is 238 g/mol. The van der Waals surface area contributed by atoms with Crippen molar-refractivity contribution < 1.29 is 9.59 Å². The first-order chi connectivity index (χ1) is 8.06. The molecular weight excluding hydrogens is 216 g/mol. The lowest BCUT2D eigenvalue weighted by molar-refractivity contribution is -0.150. The van der Waals surface area contributed by atoms with E-state index in [1.165, 1.54) is 17.7 Å². The molecule has 17 heavy (non-hydrogen) atoms. The molecule has 2 amide bonds. The first-order valence-corrected chi connectivity index (χ1v) is 6.63. The molecule has 0 aromatic heterocycles. The molecule has 1 unspecified atom stereocenters. The van der Waals surface area contributed by atoms with Gasteiger partial charge in [-0.15, -0.1) is 0 Å². The zero-order chi connectivity index (χ0) is 12.4. The fourth-order valence-corrected chi connectivity index (χ4v) is 2.26. The van der Waals surface area contributed by atoms with E-state index in [1.54, 1.807) is 0 Å². The second-order valence-corrected chi connectivity index (χ2v) is 5.70. The molecular formula is C13H22N2O2. The summed E-state index contributed by atoms with van der Waals surface area (Å²) in [5.41, 5.74) is 0. The zero-order valence-electron chi connectivity index (χ0n) is 10.7. The molecule has 0 aromatic rings. The van der Waals surface area contributed by atoms with Crippen LogP contribution in [-0.4, -0.2) is 35.8 Å². The van der Waals surface area contributed by atoms with Crippen molar-refractivity contribution in [2.45, 2.75) is 45.6 Å². The molecule has 1 N–H and O–H groups in total. The number of nitrogens with zero attached hydrogens (tertiary/aromatic N) is 1. The quantitative estimate of drug-likeness (QED) is 0.731. The average Bonchev–Trinajstić information content (AvgIpc) is 3.04. The van der Waals surface area contributed by atoms with Gasteiger partial charge in [-0.3, -0.25) is 14.5 Å². The van der Waals surface area contributed by atoms with Crippen LogP contribution in [0.1, 0.15) is 39.5 Å². The highest BCUT2D eigenvalue weighted by atomic mass is 16.2. The van der Waals surface area contributed by atoms with Gasteiger partial charge in [0.1, 0.15) is 0 Å². The van der Waals surface area contributed by atoms with E-state index in [9.17, 15) is 9.59 Å². The van der Waals surface area contributed by atoms with Crippen molar-refractivity contribution in [2.24, 2.45) is 11.8 Å². The highest BCUT2D eigenvalue weighted by molar-refractivity contribution is 5.97. The summed E-state index contributed by atoms with van der Waals surface area (Å²) in [5.74, 6) is 0.571. The van der Waals surface area contributed by atoms with Crippen LogP contribution < -0.4 is 5.32 Å². The van der Waals surface area contributed by atoms with Crippen molar-refractivity contribution in [1.82, 2.24) is 10.2 Å². The monoisotopic (exact) mass is 238 g/mol. The number of rotatable bonds is 5. The van der Waals surface area contributed by atoms with Gasteiger partial charge in [-0.1, -0.05) is 13.8 Å². The summed E-state index contributed by atoms with van der Waals surface area (Å²) in [6.45, 7) is 5.53. The second-order valence-electron chi connectivity index (χ2n) is 5.70. The first kappa shape index (κ1) is 12.6. The number of amides is 2. The molecule has 4 nitrogen and oxygen atoms in total.